The van der Waals surface area contributed by atoms with E-state index in [0.717, 1.165) is 0 Å². The number of benzene rings is 1. The van der Waals surface area contributed by atoms with Crippen LogP contribution >= 0.6 is 0 Å². The molecular formula is C13H16O5. The molecule has 1 aromatic carbocycles. The van der Waals surface area contributed by atoms with Crippen LogP contribution in [-0.4, -0.2) is 43.3 Å². The Morgan fingerprint density at radius 3 is 2.78 bits per heavy atom. The van der Waals surface area contributed by atoms with Gasteiger partial charge < -0.3 is 19.3 Å². The lowest BCUT2D eigenvalue weighted by Gasteiger charge is -2.12. The van der Waals surface area contributed by atoms with Gasteiger partial charge in [0, 0.05) is 13.5 Å². The Morgan fingerprint density at radius 1 is 1.44 bits per heavy atom. The summed E-state index contributed by atoms with van der Waals surface area (Å²) in [6, 6.07) is 8.74. The Bertz CT molecular complexity index is 392. The van der Waals surface area contributed by atoms with Crippen molar-refractivity contribution in [2.75, 3.05) is 13.7 Å². The van der Waals surface area contributed by atoms with Crippen molar-refractivity contribution in [2.24, 2.45) is 0 Å². The quantitative estimate of drug-likeness (QED) is 0.809. The zero-order valence-corrected chi connectivity index (χ0v) is 10.1. The number of hydrogen-bond donors (Lipinski definition) is 1. The number of hydrogen-bond acceptors (Lipinski definition) is 5. The standard InChI is InChI=1S/C13H16O5/c1-16-13-11(14)7-10(18-13)8-17-12(15)9-5-3-2-4-6-9/h2-6,10-11,13-14H,7-8H2,1H3/t10-,11-,13?/m0/s1. The molecule has 0 aromatic heterocycles. The van der Waals surface area contributed by atoms with Gasteiger partial charge in [0.15, 0.2) is 6.29 Å². The molecule has 1 aromatic rings. The number of aliphatic hydroxyl groups excluding tert-OH is 1. The third-order valence-electron chi connectivity index (χ3n) is 2.79. The minimum atomic E-state index is -0.671. The molecule has 18 heavy (non-hydrogen) atoms. The number of ether oxygens (including phenoxy) is 3. The van der Waals surface area contributed by atoms with Gasteiger partial charge in [-0.15, -0.1) is 0 Å². The molecule has 1 aliphatic heterocycles. The fraction of sp³-hybridized carbons (Fsp3) is 0.462. The highest BCUT2D eigenvalue weighted by Crippen LogP contribution is 2.21. The van der Waals surface area contributed by atoms with Crippen LogP contribution in [0.2, 0.25) is 0 Å². The first-order valence-corrected chi connectivity index (χ1v) is 5.79. The zero-order chi connectivity index (χ0) is 13.0. The molecule has 1 fully saturated rings. The summed E-state index contributed by atoms with van der Waals surface area (Å²) >= 11 is 0. The topological polar surface area (TPSA) is 65.0 Å². The number of esters is 1. The molecule has 0 spiro atoms. The molecule has 1 saturated heterocycles. The zero-order valence-electron chi connectivity index (χ0n) is 10.1. The van der Waals surface area contributed by atoms with E-state index in [1.807, 2.05) is 6.07 Å². The van der Waals surface area contributed by atoms with E-state index in [2.05, 4.69) is 0 Å². The van der Waals surface area contributed by atoms with Gasteiger partial charge in [-0.05, 0) is 12.1 Å². The second kappa shape index (κ2) is 5.95. The molecule has 1 unspecified atom stereocenters. The van der Waals surface area contributed by atoms with Crippen LogP contribution in [0, 0.1) is 0 Å². The monoisotopic (exact) mass is 252 g/mol. The first-order valence-electron chi connectivity index (χ1n) is 5.79. The summed E-state index contributed by atoms with van der Waals surface area (Å²) in [6.45, 7) is 0.116. The molecule has 3 atom stereocenters. The number of carbonyl (C=O) groups excluding carboxylic acids is 1. The lowest BCUT2D eigenvalue weighted by molar-refractivity contribution is -0.153. The van der Waals surface area contributed by atoms with Gasteiger partial charge in [-0.1, -0.05) is 18.2 Å². The van der Waals surface area contributed by atoms with Crippen LogP contribution in [0.25, 0.3) is 0 Å². The van der Waals surface area contributed by atoms with Gasteiger partial charge in [-0.3, -0.25) is 0 Å². The fourth-order valence-electron chi connectivity index (χ4n) is 1.86. The highest BCUT2D eigenvalue weighted by molar-refractivity contribution is 5.89. The third kappa shape index (κ3) is 3.07. The maximum Gasteiger partial charge on any atom is 0.338 e. The second-order valence-corrected chi connectivity index (χ2v) is 4.13. The maximum atomic E-state index is 11.7. The maximum absolute atomic E-state index is 11.7. The smallest absolute Gasteiger partial charge is 0.338 e. The van der Waals surface area contributed by atoms with Crippen LogP contribution < -0.4 is 0 Å². The van der Waals surface area contributed by atoms with E-state index in [1.54, 1.807) is 24.3 Å². The number of methoxy groups -OCH3 is 1. The van der Waals surface area contributed by atoms with Gasteiger partial charge in [0.1, 0.15) is 12.7 Å². The normalized spacial score (nSPS) is 27.1. The van der Waals surface area contributed by atoms with Crippen LogP contribution in [0.3, 0.4) is 0 Å². The summed E-state index contributed by atoms with van der Waals surface area (Å²) in [4.78, 5) is 11.7. The molecule has 0 amide bonds. The third-order valence-corrected chi connectivity index (χ3v) is 2.79. The summed E-state index contributed by atoms with van der Waals surface area (Å²) in [5, 5.41) is 9.55. The Morgan fingerprint density at radius 2 is 2.17 bits per heavy atom. The molecule has 5 nitrogen and oxygen atoms in total. The number of carbonyl (C=O) groups is 1. The molecule has 0 saturated carbocycles. The summed E-state index contributed by atoms with van der Waals surface area (Å²) in [6.07, 6.45) is -1.22. The molecule has 1 aliphatic rings. The molecule has 98 valence electrons. The SMILES string of the molecule is COC1O[C@H](COC(=O)c2ccccc2)C[C@@H]1O. The summed E-state index contributed by atoms with van der Waals surface area (Å²) < 4.78 is 15.4. The minimum absolute atomic E-state index is 0.116. The van der Waals surface area contributed by atoms with Crippen molar-refractivity contribution in [1.29, 1.82) is 0 Å². The van der Waals surface area contributed by atoms with Gasteiger partial charge in [0.2, 0.25) is 0 Å². The highest BCUT2D eigenvalue weighted by atomic mass is 16.7. The van der Waals surface area contributed by atoms with Crippen molar-refractivity contribution in [3.05, 3.63) is 35.9 Å². The molecule has 0 bridgehead atoms. The van der Waals surface area contributed by atoms with E-state index in [9.17, 15) is 9.90 Å². The fourth-order valence-corrected chi connectivity index (χ4v) is 1.86. The van der Waals surface area contributed by atoms with Crippen molar-refractivity contribution >= 4 is 5.97 Å². The van der Waals surface area contributed by atoms with E-state index >= 15 is 0 Å². The van der Waals surface area contributed by atoms with E-state index in [-0.39, 0.29) is 12.7 Å². The predicted molar refractivity (Wildman–Crippen MR) is 63.0 cm³/mol. The van der Waals surface area contributed by atoms with Crippen LogP contribution in [0.15, 0.2) is 30.3 Å². The first-order chi connectivity index (χ1) is 8.70. The van der Waals surface area contributed by atoms with Gasteiger partial charge in [0.25, 0.3) is 0 Å². The summed E-state index contributed by atoms with van der Waals surface area (Å²) in [7, 11) is 1.46. The Labute approximate surface area is 105 Å². The summed E-state index contributed by atoms with van der Waals surface area (Å²) in [5.41, 5.74) is 0.499. The second-order valence-electron chi connectivity index (χ2n) is 4.13. The highest BCUT2D eigenvalue weighted by Gasteiger charge is 2.34. The van der Waals surface area contributed by atoms with Crippen LogP contribution in [0.1, 0.15) is 16.8 Å². The molecule has 2 rings (SSSR count). The molecule has 1 heterocycles. The molecule has 1 N–H and O–H groups in total. The van der Waals surface area contributed by atoms with Gasteiger partial charge in [-0.25, -0.2) is 4.79 Å². The number of rotatable bonds is 4. The summed E-state index contributed by atoms with van der Waals surface area (Å²) in [5.74, 6) is -0.394. The molecule has 0 aliphatic carbocycles. The Hall–Kier alpha value is -1.43. The van der Waals surface area contributed by atoms with E-state index in [1.165, 1.54) is 7.11 Å². The largest absolute Gasteiger partial charge is 0.459 e. The van der Waals surface area contributed by atoms with Crippen molar-refractivity contribution in [3.63, 3.8) is 0 Å². The average molecular weight is 252 g/mol. The average Bonchev–Trinajstić information content (AvgIpc) is 2.77. The Balaban J connectivity index is 1.81. The molecular weight excluding hydrogens is 236 g/mol. The van der Waals surface area contributed by atoms with Crippen LogP contribution in [0.4, 0.5) is 0 Å². The molecule has 5 heteroatoms. The van der Waals surface area contributed by atoms with Gasteiger partial charge in [-0.2, -0.15) is 0 Å². The Kier molecular flexibility index (Phi) is 4.30. The van der Waals surface area contributed by atoms with Crippen LogP contribution in [-0.2, 0) is 14.2 Å². The van der Waals surface area contributed by atoms with E-state index in [4.69, 9.17) is 14.2 Å². The molecule has 0 radical (unpaired) electrons. The van der Waals surface area contributed by atoms with Crippen molar-refractivity contribution in [3.8, 4) is 0 Å². The number of aliphatic hydroxyl groups is 1. The van der Waals surface area contributed by atoms with Gasteiger partial charge >= 0.3 is 5.97 Å². The van der Waals surface area contributed by atoms with Crippen molar-refractivity contribution < 1.29 is 24.1 Å². The van der Waals surface area contributed by atoms with Crippen LogP contribution in [0.5, 0.6) is 0 Å². The minimum Gasteiger partial charge on any atom is -0.459 e. The van der Waals surface area contributed by atoms with Gasteiger partial charge in [0.05, 0.1) is 11.7 Å². The van der Waals surface area contributed by atoms with E-state index in [0.29, 0.717) is 12.0 Å². The first kappa shape index (κ1) is 13.0. The lowest BCUT2D eigenvalue weighted by atomic mass is 10.2. The van der Waals surface area contributed by atoms with E-state index < -0.39 is 18.4 Å². The van der Waals surface area contributed by atoms with Crippen molar-refractivity contribution in [1.82, 2.24) is 0 Å². The van der Waals surface area contributed by atoms with Crippen molar-refractivity contribution in [2.45, 2.75) is 24.9 Å². The lowest BCUT2D eigenvalue weighted by Crippen LogP contribution is -2.22. The predicted octanol–water partition coefficient (Wildman–Crippen LogP) is 0.966.